The highest BCUT2D eigenvalue weighted by Crippen LogP contribution is 2.20. The van der Waals surface area contributed by atoms with Crippen molar-refractivity contribution in [3.8, 4) is 0 Å². The first kappa shape index (κ1) is 8.49. The fourth-order valence-corrected chi connectivity index (χ4v) is 1.33. The van der Waals surface area contributed by atoms with Crippen LogP contribution in [0.4, 0.5) is 0 Å². The largest absolute Gasteiger partial charge is 0.481 e. The van der Waals surface area contributed by atoms with Crippen LogP contribution in [0.5, 0.6) is 0 Å². The summed E-state index contributed by atoms with van der Waals surface area (Å²) in [4.78, 5) is 10.3. The van der Waals surface area contributed by atoms with Gasteiger partial charge in [-0.15, -0.1) is 0 Å². The van der Waals surface area contributed by atoms with Crippen LogP contribution in [0.15, 0.2) is 0 Å². The third-order valence-corrected chi connectivity index (χ3v) is 1.89. The van der Waals surface area contributed by atoms with Crippen molar-refractivity contribution in [2.24, 2.45) is 11.7 Å². The molecule has 0 aromatic heterocycles. The van der Waals surface area contributed by atoms with Gasteiger partial charge in [0.1, 0.15) is 6.23 Å². The van der Waals surface area contributed by atoms with Crippen molar-refractivity contribution in [1.29, 1.82) is 0 Å². The molecule has 4 heteroatoms. The minimum Gasteiger partial charge on any atom is -0.481 e. The summed E-state index contributed by atoms with van der Waals surface area (Å²) >= 11 is 0. The van der Waals surface area contributed by atoms with Crippen molar-refractivity contribution in [2.75, 3.05) is 6.61 Å². The highest BCUT2D eigenvalue weighted by Gasteiger charge is 2.21. The molecule has 1 aliphatic rings. The van der Waals surface area contributed by atoms with Gasteiger partial charge in [0.05, 0.1) is 0 Å². The summed E-state index contributed by atoms with van der Waals surface area (Å²) in [6.45, 7) is 0.596. The lowest BCUT2D eigenvalue weighted by Gasteiger charge is -2.25. The van der Waals surface area contributed by atoms with Gasteiger partial charge in [-0.1, -0.05) is 0 Å². The lowest BCUT2D eigenvalue weighted by molar-refractivity contribution is -0.139. The van der Waals surface area contributed by atoms with Crippen molar-refractivity contribution in [3.63, 3.8) is 0 Å². The summed E-state index contributed by atoms with van der Waals surface area (Å²) in [5.41, 5.74) is 5.49. The van der Waals surface area contributed by atoms with E-state index < -0.39 is 5.97 Å². The van der Waals surface area contributed by atoms with E-state index in [9.17, 15) is 4.79 Å². The van der Waals surface area contributed by atoms with Gasteiger partial charge in [-0.05, 0) is 18.8 Å². The SMILES string of the molecule is NC1CC(CC(=O)O)CCO1. The molecule has 0 amide bonds. The average Bonchev–Trinajstić information content (AvgIpc) is 1.85. The molecule has 1 saturated heterocycles. The Labute approximate surface area is 65.3 Å². The number of carboxylic acids is 1. The van der Waals surface area contributed by atoms with Gasteiger partial charge < -0.3 is 15.6 Å². The first-order valence-corrected chi connectivity index (χ1v) is 3.77. The van der Waals surface area contributed by atoms with E-state index >= 15 is 0 Å². The zero-order chi connectivity index (χ0) is 8.27. The average molecular weight is 159 g/mol. The maximum Gasteiger partial charge on any atom is 0.303 e. The van der Waals surface area contributed by atoms with E-state index in [4.69, 9.17) is 15.6 Å². The molecule has 64 valence electrons. The Morgan fingerprint density at radius 1 is 1.73 bits per heavy atom. The van der Waals surface area contributed by atoms with Crippen molar-refractivity contribution < 1.29 is 14.6 Å². The van der Waals surface area contributed by atoms with Crippen LogP contribution in [0, 0.1) is 5.92 Å². The summed E-state index contributed by atoms with van der Waals surface area (Å²) in [6, 6.07) is 0. The minimum absolute atomic E-state index is 0.205. The van der Waals surface area contributed by atoms with E-state index in [2.05, 4.69) is 0 Å². The topological polar surface area (TPSA) is 72.6 Å². The molecule has 1 rings (SSSR count). The van der Waals surface area contributed by atoms with Crippen LogP contribution in [-0.2, 0) is 9.53 Å². The molecule has 1 aliphatic heterocycles. The van der Waals surface area contributed by atoms with Crippen LogP contribution < -0.4 is 5.73 Å². The molecule has 2 atom stereocenters. The van der Waals surface area contributed by atoms with E-state index in [-0.39, 0.29) is 18.6 Å². The van der Waals surface area contributed by atoms with Gasteiger partial charge >= 0.3 is 5.97 Å². The molecular formula is C7H13NO3. The van der Waals surface area contributed by atoms with Crippen LogP contribution in [0.1, 0.15) is 19.3 Å². The maximum absolute atomic E-state index is 10.3. The van der Waals surface area contributed by atoms with Crippen LogP contribution in [0.25, 0.3) is 0 Å². The second-order valence-electron chi connectivity index (χ2n) is 2.90. The van der Waals surface area contributed by atoms with Gasteiger partial charge in [0.25, 0.3) is 0 Å². The zero-order valence-corrected chi connectivity index (χ0v) is 6.32. The Balaban J connectivity index is 2.28. The number of aliphatic carboxylic acids is 1. The molecule has 0 aliphatic carbocycles. The molecule has 4 nitrogen and oxygen atoms in total. The highest BCUT2D eigenvalue weighted by atomic mass is 16.5. The quantitative estimate of drug-likeness (QED) is 0.602. The third-order valence-electron chi connectivity index (χ3n) is 1.89. The van der Waals surface area contributed by atoms with E-state index in [0.29, 0.717) is 13.0 Å². The zero-order valence-electron chi connectivity index (χ0n) is 6.32. The number of hydrogen-bond donors (Lipinski definition) is 2. The number of nitrogens with two attached hydrogens (primary N) is 1. The van der Waals surface area contributed by atoms with Crippen molar-refractivity contribution in [2.45, 2.75) is 25.5 Å². The van der Waals surface area contributed by atoms with Crippen molar-refractivity contribution >= 4 is 5.97 Å². The smallest absolute Gasteiger partial charge is 0.303 e. The predicted molar refractivity (Wildman–Crippen MR) is 38.9 cm³/mol. The van der Waals surface area contributed by atoms with Crippen LogP contribution in [0.3, 0.4) is 0 Å². The molecule has 0 spiro atoms. The number of hydrogen-bond acceptors (Lipinski definition) is 3. The Kier molecular flexibility index (Phi) is 2.84. The fourth-order valence-electron chi connectivity index (χ4n) is 1.33. The summed E-state index contributed by atoms with van der Waals surface area (Å²) in [7, 11) is 0. The van der Waals surface area contributed by atoms with Gasteiger partial charge in [-0.25, -0.2) is 0 Å². The van der Waals surface area contributed by atoms with Crippen LogP contribution >= 0.6 is 0 Å². The molecule has 1 fully saturated rings. The summed E-state index contributed by atoms with van der Waals surface area (Å²) in [5, 5.41) is 8.47. The van der Waals surface area contributed by atoms with Gasteiger partial charge in [-0.2, -0.15) is 0 Å². The Morgan fingerprint density at radius 2 is 2.45 bits per heavy atom. The fraction of sp³-hybridized carbons (Fsp3) is 0.857. The molecular weight excluding hydrogens is 146 g/mol. The normalized spacial score (nSPS) is 31.7. The Morgan fingerprint density at radius 3 is 3.00 bits per heavy atom. The number of rotatable bonds is 2. The molecule has 1 heterocycles. The molecule has 0 aromatic carbocycles. The maximum atomic E-state index is 10.3. The number of carbonyl (C=O) groups is 1. The minimum atomic E-state index is -0.746. The molecule has 0 aromatic rings. The van der Waals surface area contributed by atoms with E-state index in [0.717, 1.165) is 6.42 Å². The van der Waals surface area contributed by atoms with Crippen molar-refractivity contribution in [1.82, 2.24) is 0 Å². The predicted octanol–water partition coefficient (Wildman–Crippen LogP) is 0.172. The highest BCUT2D eigenvalue weighted by molar-refractivity contribution is 5.67. The standard InChI is InChI=1S/C7H13NO3/c8-6-3-5(1-2-11-6)4-7(9)10/h5-6H,1-4,8H2,(H,9,10). The van der Waals surface area contributed by atoms with Crippen molar-refractivity contribution in [3.05, 3.63) is 0 Å². The van der Waals surface area contributed by atoms with E-state index in [1.165, 1.54) is 0 Å². The van der Waals surface area contributed by atoms with Gasteiger partial charge in [0, 0.05) is 13.0 Å². The van der Waals surface area contributed by atoms with Gasteiger partial charge in [-0.3, -0.25) is 4.79 Å². The van der Waals surface area contributed by atoms with Crippen LogP contribution in [0.2, 0.25) is 0 Å². The number of carboxylic acid groups (broad SMARTS) is 1. The van der Waals surface area contributed by atoms with E-state index in [1.54, 1.807) is 0 Å². The van der Waals surface area contributed by atoms with E-state index in [1.807, 2.05) is 0 Å². The molecule has 0 bridgehead atoms. The van der Waals surface area contributed by atoms with Gasteiger partial charge in [0.15, 0.2) is 0 Å². The molecule has 0 radical (unpaired) electrons. The lowest BCUT2D eigenvalue weighted by Crippen LogP contribution is -2.33. The number of ether oxygens (including phenoxy) is 1. The first-order valence-electron chi connectivity index (χ1n) is 3.77. The first-order chi connectivity index (χ1) is 5.18. The summed E-state index contributed by atoms with van der Waals surface area (Å²) in [6.07, 6.45) is 1.46. The second-order valence-corrected chi connectivity index (χ2v) is 2.90. The third kappa shape index (κ3) is 2.86. The van der Waals surface area contributed by atoms with Crippen LogP contribution in [-0.4, -0.2) is 23.9 Å². The monoisotopic (exact) mass is 159 g/mol. The molecule has 3 N–H and O–H groups in total. The summed E-state index contributed by atoms with van der Waals surface area (Å²) in [5.74, 6) is -0.541. The Bertz CT molecular complexity index is 149. The second kappa shape index (κ2) is 3.69. The Hall–Kier alpha value is -0.610. The lowest BCUT2D eigenvalue weighted by atomic mass is 9.95. The summed E-state index contributed by atoms with van der Waals surface area (Å²) < 4.78 is 5.07. The molecule has 2 unspecified atom stereocenters. The molecule has 11 heavy (non-hydrogen) atoms. The molecule has 0 saturated carbocycles. The van der Waals surface area contributed by atoms with Gasteiger partial charge in [0.2, 0.25) is 0 Å².